The maximum absolute atomic E-state index is 8.80. The van der Waals surface area contributed by atoms with Crippen molar-refractivity contribution in [2.45, 2.75) is 46.5 Å². The Kier molecular flexibility index (Phi) is 7.17. The van der Waals surface area contributed by atoms with Gasteiger partial charge in [0.25, 0.3) is 0 Å². The highest BCUT2D eigenvalue weighted by molar-refractivity contribution is 4.98. The Morgan fingerprint density at radius 1 is 1.50 bits per heavy atom. The van der Waals surface area contributed by atoms with Crippen LogP contribution in [0.2, 0.25) is 0 Å². The van der Waals surface area contributed by atoms with Gasteiger partial charge in [-0.2, -0.15) is 0 Å². The zero-order chi connectivity index (χ0) is 9.40. The summed E-state index contributed by atoms with van der Waals surface area (Å²) in [4.78, 5) is 0. The van der Waals surface area contributed by atoms with E-state index in [1.807, 2.05) is 0 Å². The van der Waals surface area contributed by atoms with Gasteiger partial charge in [0.05, 0.1) is 0 Å². The number of aliphatic hydroxyl groups excluding tert-OH is 1. The van der Waals surface area contributed by atoms with E-state index in [2.05, 4.69) is 26.8 Å². The van der Waals surface area contributed by atoms with E-state index in [0.29, 0.717) is 12.5 Å². The van der Waals surface area contributed by atoms with Crippen molar-refractivity contribution in [3.63, 3.8) is 0 Å². The van der Waals surface area contributed by atoms with Crippen LogP contribution in [0.5, 0.6) is 0 Å². The first kappa shape index (κ1) is 11.7. The molecule has 1 heteroatoms. The fraction of sp³-hybridized carbons (Fsp3) is 0.818. The molecule has 0 aromatic rings. The lowest BCUT2D eigenvalue weighted by Gasteiger charge is -2.07. The maximum atomic E-state index is 8.80. The van der Waals surface area contributed by atoms with Crippen LogP contribution < -0.4 is 0 Å². The quantitative estimate of drug-likeness (QED) is 0.607. The molecule has 1 unspecified atom stereocenters. The Labute approximate surface area is 76.5 Å². The third-order valence-electron chi connectivity index (χ3n) is 2.37. The van der Waals surface area contributed by atoms with Gasteiger partial charge in [-0.25, -0.2) is 0 Å². The monoisotopic (exact) mass is 170 g/mol. The molecule has 0 saturated heterocycles. The number of hydrogen-bond donors (Lipinski definition) is 1. The minimum absolute atomic E-state index is 0.331. The van der Waals surface area contributed by atoms with Crippen LogP contribution in [0.1, 0.15) is 46.5 Å². The van der Waals surface area contributed by atoms with Gasteiger partial charge >= 0.3 is 0 Å². The second-order valence-electron chi connectivity index (χ2n) is 3.48. The molecule has 0 amide bonds. The molecule has 1 N–H and O–H groups in total. The van der Waals surface area contributed by atoms with Crippen LogP contribution in [-0.4, -0.2) is 11.7 Å². The first-order chi connectivity index (χ1) is 5.74. The molecule has 0 saturated carbocycles. The fourth-order valence-electron chi connectivity index (χ4n) is 1.29. The number of aliphatic hydroxyl groups is 1. The summed E-state index contributed by atoms with van der Waals surface area (Å²) in [5.74, 6) is 0.472. The third kappa shape index (κ3) is 5.36. The summed E-state index contributed by atoms with van der Waals surface area (Å²) in [6, 6.07) is 0. The molecule has 0 aliphatic rings. The van der Waals surface area contributed by atoms with Crippen LogP contribution in [0.15, 0.2) is 11.6 Å². The molecule has 0 spiro atoms. The van der Waals surface area contributed by atoms with E-state index in [4.69, 9.17) is 5.11 Å². The molecule has 0 aliphatic carbocycles. The van der Waals surface area contributed by atoms with Crippen molar-refractivity contribution >= 4 is 0 Å². The predicted molar refractivity (Wildman–Crippen MR) is 54.1 cm³/mol. The average Bonchev–Trinajstić information content (AvgIpc) is 2.12. The molecule has 0 aromatic carbocycles. The van der Waals surface area contributed by atoms with Crippen molar-refractivity contribution < 1.29 is 5.11 Å². The van der Waals surface area contributed by atoms with E-state index < -0.39 is 0 Å². The molecular weight excluding hydrogens is 148 g/mol. The summed E-state index contributed by atoms with van der Waals surface area (Å²) >= 11 is 0. The van der Waals surface area contributed by atoms with Crippen LogP contribution in [0, 0.1) is 5.92 Å². The topological polar surface area (TPSA) is 20.2 Å². The predicted octanol–water partition coefficient (Wildman–Crippen LogP) is 3.14. The Balaban J connectivity index is 3.42. The van der Waals surface area contributed by atoms with Crippen molar-refractivity contribution in [3.05, 3.63) is 11.6 Å². The third-order valence-corrected chi connectivity index (χ3v) is 2.37. The lowest BCUT2D eigenvalue weighted by atomic mass is 10.0. The van der Waals surface area contributed by atoms with E-state index in [1.165, 1.54) is 19.3 Å². The number of hydrogen-bond acceptors (Lipinski definition) is 1. The highest BCUT2D eigenvalue weighted by Crippen LogP contribution is 2.14. The first-order valence-corrected chi connectivity index (χ1v) is 4.99. The van der Waals surface area contributed by atoms with E-state index in [0.717, 1.165) is 6.42 Å². The average molecular weight is 170 g/mol. The standard InChI is InChI=1S/C11H22O/c1-4-11(5-2)8-6-7-10(3)9-12/h4,10,12H,5-9H2,1-3H3/b11-4+. The largest absolute Gasteiger partial charge is 0.396 e. The first-order valence-electron chi connectivity index (χ1n) is 4.99. The zero-order valence-corrected chi connectivity index (χ0v) is 8.64. The van der Waals surface area contributed by atoms with Gasteiger partial charge in [-0.15, -0.1) is 0 Å². The minimum Gasteiger partial charge on any atom is -0.396 e. The van der Waals surface area contributed by atoms with Crippen molar-refractivity contribution in [2.24, 2.45) is 5.92 Å². The summed E-state index contributed by atoms with van der Waals surface area (Å²) < 4.78 is 0. The fourth-order valence-corrected chi connectivity index (χ4v) is 1.29. The molecule has 0 bridgehead atoms. The molecule has 72 valence electrons. The van der Waals surface area contributed by atoms with E-state index >= 15 is 0 Å². The molecule has 0 heterocycles. The highest BCUT2D eigenvalue weighted by atomic mass is 16.3. The summed E-state index contributed by atoms with van der Waals surface area (Å²) in [6.07, 6.45) is 6.95. The SMILES string of the molecule is C/C=C(\CC)CCCC(C)CO. The lowest BCUT2D eigenvalue weighted by Crippen LogP contribution is -2.00. The van der Waals surface area contributed by atoms with Gasteiger partial charge in [0.2, 0.25) is 0 Å². The zero-order valence-electron chi connectivity index (χ0n) is 8.64. The minimum atomic E-state index is 0.331. The summed E-state index contributed by atoms with van der Waals surface area (Å²) in [5.41, 5.74) is 1.54. The van der Waals surface area contributed by atoms with Gasteiger partial charge in [-0.1, -0.05) is 25.5 Å². The normalized spacial score (nSPS) is 14.8. The van der Waals surface area contributed by atoms with Crippen LogP contribution >= 0.6 is 0 Å². The molecule has 1 nitrogen and oxygen atoms in total. The van der Waals surface area contributed by atoms with Crippen LogP contribution in [0.4, 0.5) is 0 Å². The summed E-state index contributed by atoms with van der Waals surface area (Å²) in [6.45, 7) is 6.73. The second-order valence-corrected chi connectivity index (χ2v) is 3.48. The smallest absolute Gasteiger partial charge is 0.0456 e. The Morgan fingerprint density at radius 3 is 2.58 bits per heavy atom. The van der Waals surface area contributed by atoms with Gasteiger partial charge in [0, 0.05) is 6.61 Å². The van der Waals surface area contributed by atoms with E-state index in [1.54, 1.807) is 5.57 Å². The summed E-state index contributed by atoms with van der Waals surface area (Å²) in [7, 11) is 0. The van der Waals surface area contributed by atoms with Gasteiger partial charge < -0.3 is 5.11 Å². The molecular formula is C11H22O. The second kappa shape index (κ2) is 7.35. The van der Waals surface area contributed by atoms with Gasteiger partial charge in [0.15, 0.2) is 0 Å². The van der Waals surface area contributed by atoms with Crippen LogP contribution in [-0.2, 0) is 0 Å². The van der Waals surface area contributed by atoms with Crippen molar-refractivity contribution in [2.75, 3.05) is 6.61 Å². The lowest BCUT2D eigenvalue weighted by molar-refractivity contribution is 0.228. The number of rotatable bonds is 6. The van der Waals surface area contributed by atoms with Crippen molar-refractivity contribution in [3.8, 4) is 0 Å². The highest BCUT2D eigenvalue weighted by Gasteiger charge is 2.00. The van der Waals surface area contributed by atoms with Crippen LogP contribution in [0.25, 0.3) is 0 Å². The maximum Gasteiger partial charge on any atom is 0.0456 e. The van der Waals surface area contributed by atoms with Gasteiger partial charge in [0.1, 0.15) is 0 Å². The molecule has 0 radical (unpaired) electrons. The Morgan fingerprint density at radius 2 is 2.17 bits per heavy atom. The van der Waals surface area contributed by atoms with Gasteiger partial charge in [-0.3, -0.25) is 0 Å². The number of allylic oxidation sites excluding steroid dienone is 2. The molecule has 0 rings (SSSR count). The molecule has 0 aromatic heterocycles. The molecule has 1 atom stereocenters. The van der Waals surface area contributed by atoms with Crippen molar-refractivity contribution in [1.29, 1.82) is 0 Å². The van der Waals surface area contributed by atoms with Crippen molar-refractivity contribution in [1.82, 2.24) is 0 Å². The molecule has 0 fully saturated rings. The molecule has 0 aliphatic heterocycles. The summed E-state index contributed by atoms with van der Waals surface area (Å²) in [5, 5.41) is 8.80. The van der Waals surface area contributed by atoms with E-state index in [-0.39, 0.29) is 0 Å². The Bertz CT molecular complexity index is 127. The van der Waals surface area contributed by atoms with E-state index in [9.17, 15) is 0 Å². The van der Waals surface area contributed by atoms with Gasteiger partial charge in [-0.05, 0) is 38.5 Å². The Hall–Kier alpha value is -0.300. The molecule has 12 heavy (non-hydrogen) atoms. The van der Waals surface area contributed by atoms with Crippen LogP contribution in [0.3, 0.4) is 0 Å².